The average Bonchev–Trinajstić information content (AvgIpc) is 2.24. The molecular formula is C10H12Cl2N2O. The van der Waals surface area contributed by atoms with Gasteiger partial charge in [0.25, 0.3) is 0 Å². The van der Waals surface area contributed by atoms with Crippen LogP contribution in [-0.2, 0) is 11.2 Å². The van der Waals surface area contributed by atoms with E-state index in [1.54, 1.807) is 6.07 Å². The molecule has 82 valence electrons. The van der Waals surface area contributed by atoms with Gasteiger partial charge < -0.3 is 11.1 Å². The number of carbonyl (C=O) groups is 1. The fourth-order valence-electron chi connectivity index (χ4n) is 1.15. The van der Waals surface area contributed by atoms with Crippen LogP contribution in [-0.4, -0.2) is 19.0 Å². The molecule has 0 radical (unpaired) electrons. The SMILES string of the molecule is NCC(=O)NCCc1cccc(Cl)c1Cl. The predicted molar refractivity (Wildman–Crippen MR) is 62.2 cm³/mol. The molecule has 0 heterocycles. The molecule has 1 rings (SSSR count). The van der Waals surface area contributed by atoms with Crippen molar-refractivity contribution in [3.05, 3.63) is 33.8 Å². The van der Waals surface area contributed by atoms with E-state index in [9.17, 15) is 4.79 Å². The Labute approximate surface area is 98.5 Å². The third-order valence-electron chi connectivity index (χ3n) is 1.93. The Bertz CT molecular complexity index is 355. The minimum absolute atomic E-state index is 0.00325. The van der Waals surface area contributed by atoms with E-state index in [1.165, 1.54) is 0 Å². The van der Waals surface area contributed by atoms with Gasteiger partial charge in [-0.15, -0.1) is 0 Å². The summed E-state index contributed by atoms with van der Waals surface area (Å²) >= 11 is 11.8. The molecule has 3 nitrogen and oxygen atoms in total. The van der Waals surface area contributed by atoms with Crippen LogP contribution in [0.2, 0.25) is 10.0 Å². The lowest BCUT2D eigenvalue weighted by Gasteiger charge is -2.06. The summed E-state index contributed by atoms with van der Waals surface area (Å²) in [5.41, 5.74) is 6.06. The number of rotatable bonds is 4. The third-order valence-corrected chi connectivity index (χ3v) is 2.79. The summed E-state index contributed by atoms with van der Waals surface area (Å²) in [7, 11) is 0. The highest BCUT2D eigenvalue weighted by Crippen LogP contribution is 2.25. The van der Waals surface area contributed by atoms with Gasteiger partial charge in [0.1, 0.15) is 0 Å². The number of carbonyl (C=O) groups excluding carboxylic acids is 1. The van der Waals surface area contributed by atoms with Crippen LogP contribution in [0.25, 0.3) is 0 Å². The third kappa shape index (κ3) is 3.70. The minimum Gasteiger partial charge on any atom is -0.355 e. The van der Waals surface area contributed by atoms with E-state index in [1.807, 2.05) is 12.1 Å². The van der Waals surface area contributed by atoms with E-state index in [2.05, 4.69) is 5.32 Å². The van der Waals surface area contributed by atoms with Gasteiger partial charge in [0, 0.05) is 6.54 Å². The maximum atomic E-state index is 10.9. The van der Waals surface area contributed by atoms with Crippen molar-refractivity contribution < 1.29 is 4.79 Å². The fraction of sp³-hybridized carbons (Fsp3) is 0.300. The summed E-state index contributed by atoms with van der Waals surface area (Å²) < 4.78 is 0. The number of amides is 1. The largest absolute Gasteiger partial charge is 0.355 e. The summed E-state index contributed by atoms with van der Waals surface area (Å²) in [6.45, 7) is 0.513. The number of nitrogens with one attached hydrogen (secondary N) is 1. The highest BCUT2D eigenvalue weighted by atomic mass is 35.5. The van der Waals surface area contributed by atoms with Gasteiger partial charge in [-0.1, -0.05) is 35.3 Å². The highest BCUT2D eigenvalue weighted by Gasteiger charge is 2.04. The van der Waals surface area contributed by atoms with E-state index in [4.69, 9.17) is 28.9 Å². The van der Waals surface area contributed by atoms with Gasteiger partial charge in [-0.05, 0) is 18.1 Å². The van der Waals surface area contributed by atoms with Crippen LogP contribution in [0.15, 0.2) is 18.2 Å². The standard InChI is InChI=1S/C10H12Cl2N2O/c11-8-3-1-2-7(10(8)12)4-5-14-9(15)6-13/h1-3H,4-6,13H2,(H,14,15). The van der Waals surface area contributed by atoms with Crippen molar-refractivity contribution >= 4 is 29.1 Å². The lowest BCUT2D eigenvalue weighted by molar-refractivity contribution is -0.119. The summed E-state index contributed by atoms with van der Waals surface area (Å²) in [5.74, 6) is -0.173. The van der Waals surface area contributed by atoms with Gasteiger partial charge in [0.15, 0.2) is 0 Å². The van der Waals surface area contributed by atoms with Gasteiger partial charge in [0.2, 0.25) is 5.91 Å². The second-order valence-corrected chi connectivity index (χ2v) is 3.80. The summed E-state index contributed by atoms with van der Waals surface area (Å²) in [6, 6.07) is 5.43. The molecule has 0 saturated heterocycles. The van der Waals surface area contributed by atoms with Crippen molar-refractivity contribution in [3.63, 3.8) is 0 Å². The zero-order valence-corrected chi connectivity index (χ0v) is 9.61. The van der Waals surface area contributed by atoms with E-state index in [0.29, 0.717) is 23.0 Å². The van der Waals surface area contributed by atoms with Crippen molar-refractivity contribution in [3.8, 4) is 0 Å². The number of hydrogen-bond acceptors (Lipinski definition) is 2. The summed E-state index contributed by atoms with van der Waals surface area (Å²) in [6.07, 6.45) is 0.644. The Kier molecular flexibility index (Phi) is 4.88. The first kappa shape index (κ1) is 12.3. The zero-order chi connectivity index (χ0) is 11.3. The first-order valence-electron chi connectivity index (χ1n) is 4.55. The molecule has 0 aliphatic heterocycles. The summed E-state index contributed by atoms with van der Waals surface area (Å²) in [4.78, 5) is 10.9. The molecule has 0 saturated carbocycles. The predicted octanol–water partition coefficient (Wildman–Crippen LogP) is 1.61. The quantitative estimate of drug-likeness (QED) is 0.849. The number of hydrogen-bond donors (Lipinski definition) is 2. The smallest absolute Gasteiger partial charge is 0.233 e. The number of benzene rings is 1. The van der Waals surface area contributed by atoms with Gasteiger partial charge in [-0.25, -0.2) is 0 Å². The number of nitrogens with two attached hydrogens (primary N) is 1. The molecule has 0 bridgehead atoms. The Morgan fingerprint density at radius 3 is 2.80 bits per heavy atom. The van der Waals surface area contributed by atoms with Crippen molar-refractivity contribution in [1.29, 1.82) is 0 Å². The molecule has 0 spiro atoms. The van der Waals surface area contributed by atoms with Crippen LogP contribution in [0.1, 0.15) is 5.56 Å². The van der Waals surface area contributed by atoms with Crippen LogP contribution in [0.3, 0.4) is 0 Å². The van der Waals surface area contributed by atoms with Crippen molar-refractivity contribution in [1.82, 2.24) is 5.32 Å². The van der Waals surface area contributed by atoms with Crippen molar-refractivity contribution in [2.24, 2.45) is 5.73 Å². The second kappa shape index (κ2) is 5.95. The van der Waals surface area contributed by atoms with Crippen LogP contribution >= 0.6 is 23.2 Å². The molecule has 0 unspecified atom stereocenters. The molecule has 0 aromatic heterocycles. The monoisotopic (exact) mass is 246 g/mol. The Morgan fingerprint density at radius 1 is 1.40 bits per heavy atom. The average molecular weight is 247 g/mol. The molecule has 1 aromatic rings. The first-order valence-corrected chi connectivity index (χ1v) is 5.30. The maximum Gasteiger partial charge on any atom is 0.233 e. The van der Waals surface area contributed by atoms with Crippen LogP contribution < -0.4 is 11.1 Å². The highest BCUT2D eigenvalue weighted by molar-refractivity contribution is 6.42. The van der Waals surface area contributed by atoms with E-state index in [0.717, 1.165) is 5.56 Å². The molecule has 1 aromatic carbocycles. The van der Waals surface area contributed by atoms with Gasteiger partial charge in [-0.2, -0.15) is 0 Å². The van der Waals surface area contributed by atoms with Crippen LogP contribution in [0.4, 0.5) is 0 Å². The molecule has 5 heteroatoms. The van der Waals surface area contributed by atoms with Crippen molar-refractivity contribution in [2.45, 2.75) is 6.42 Å². The molecule has 0 fully saturated rings. The maximum absolute atomic E-state index is 10.9. The minimum atomic E-state index is -0.173. The normalized spacial score (nSPS) is 10.1. The Morgan fingerprint density at radius 2 is 2.13 bits per heavy atom. The zero-order valence-electron chi connectivity index (χ0n) is 8.09. The van der Waals surface area contributed by atoms with E-state index < -0.39 is 0 Å². The second-order valence-electron chi connectivity index (χ2n) is 3.02. The molecule has 0 aliphatic rings. The van der Waals surface area contributed by atoms with Gasteiger partial charge in [0.05, 0.1) is 16.6 Å². The van der Waals surface area contributed by atoms with Crippen molar-refractivity contribution in [2.75, 3.05) is 13.1 Å². The molecule has 0 aliphatic carbocycles. The van der Waals surface area contributed by atoms with Gasteiger partial charge >= 0.3 is 0 Å². The van der Waals surface area contributed by atoms with E-state index in [-0.39, 0.29) is 12.5 Å². The van der Waals surface area contributed by atoms with Gasteiger partial charge in [-0.3, -0.25) is 4.79 Å². The molecule has 1 amide bonds. The molecule has 3 N–H and O–H groups in total. The first-order chi connectivity index (χ1) is 7.15. The molecular weight excluding hydrogens is 235 g/mol. The lowest BCUT2D eigenvalue weighted by Crippen LogP contribution is -2.31. The van der Waals surface area contributed by atoms with Crippen LogP contribution in [0, 0.1) is 0 Å². The fourth-order valence-corrected chi connectivity index (χ4v) is 1.56. The number of halogens is 2. The Hall–Kier alpha value is -0.770. The lowest BCUT2D eigenvalue weighted by atomic mass is 10.1. The van der Waals surface area contributed by atoms with Crippen LogP contribution in [0.5, 0.6) is 0 Å². The topological polar surface area (TPSA) is 55.1 Å². The van der Waals surface area contributed by atoms with E-state index >= 15 is 0 Å². The summed E-state index contributed by atoms with van der Waals surface area (Å²) in [5, 5.41) is 3.73. The molecule has 15 heavy (non-hydrogen) atoms. The Balaban J connectivity index is 2.51. The molecule has 0 atom stereocenters.